The van der Waals surface area contributed by atoms with Crippen LogP contribution in [0.3, 0.4) is 0 Å². The Balaban J connectivity index is 1.73. The summed E-state index contributed by atoms with van der Waals surface area (Å²) in [5.41, 5.74) is 1.88. The minimum Gasteiger partial charge on any atom is -0.340 e. The number of hydrogen-bond donors (Lipinski definition) is 3. The van der Waals surface area contributed by atoms with Crippen molar-refractivity contribution in [3.05, 3.63) is 65.9 Å². The summed E-state index contributed by atoms with van der Waals surface area (Å²) in [7, 11) is 1.89. The molecule has 3 rings (SSSR count). The van der Waals surface area contributed by atoms with Crippen LogP contribution in [-0.4, -0.2) is 17.0 Å². The second-order valence-electron chi connectivity index (χ2n) is 4.88. The van der Waals surface area contributed by atoms with Crippen molar-refractivity contribution in [2.24, 2.45) is 0 Å². The molecule has 0 radical (unpaired) electrons. The molecule has 5 nitrogen and oxygen atoms in total. The maximum Gasteiger partial charge on any atom is 0.135 e. The molecule has 0 saturated carbocycles. The number of halogens is 1. The Hall–Kier alpha value is -2.28. The Bertz CT molecular complexity index is 810. The summed E-state index contributed by atoms with van der Waals surface area (Å²) >= 11 is 7.46. The van der Waals surface area contributed by atoms with Gasteiger partial charge in [0.1, 0.15) is 18.0 Å². The highest BCUT2D eigenvalue weighted by atomic mass is 35.5. The van der Waals surface area contributed by atoms with Gasteiger partial charge in [0.15, 0.2) is 0 Å². The van der Waals surface area contributed by atoms with Gasteiger partial charge in [0.05, 0.1) is 0 Å². The van der Waals surface area contributed by atoms with Crippen LogP contribution >= 0.6 is 23.5 Å². The number of benzene rings is 2. The van der Waals surface area contributed by atoms with Gasteiger partial charge in [-0.25, -0.2) is 9.97 Å². The van der Waals surface area contributed by atoms with E-state index in [1.54, 1.807) is 11.9 Å². The summed E-state index contributed by atoms with van der Waals surface area (Å²) in [6, 6.07) is 17.4. The first kappa shape index (κ1) is 16.6. The predicted octanol–water partition coefficient (Wildman–Crippen LogP) is 4.84. The molecule has 0 saturated heterocycles. The fraction of sp³-hybridized carbons (Fsp3) is 0.0588. The normalized spacial score (nSPS) is 10.4. The minimum absolute atomic E-state index is 0.699. The number of hydrogen-bond acceptors (Lipinski definition) is 6. The summed E-state index contributed by atoms with van der Waals surface area (Å²) in [5, 5.41) is 7.21. The quantitative estimate of drug-likeness (QED) is 0.548. The van der Waals surface area contributed by atoms with Crippen molar-refractivity contribution in [3.8, 4) is 0 Å². The van der Waals surface area contributed by atoms with E-state index in [0.29, 0.717) is 16.7 Å². The molecular weight excluding hydrogens is 342 g/mol. The largest absolute Gasteiger partial charge is 0.340 e. The lowest BCUT2D eigenvalue weighted by molar-refractivity contribution is 1.16. The van der Waals surface area contributed by atoms with E-state index >= 15 is 0 Å². The molecule has 0 bridgehead atoms. The van der Waals surface area contributed by atoms with Crippen molar-refractivity contribution in [1.82, 2.24) is 14.7 Å². The zero-order valence-electron chi connectivity index (χ0n) is 13.0. The average Bonchev–Trinajstić information content (AvgIpc) is 2.58. The molecule has 0 aliphatic rings. The molecule has 122 valence electrons. The van der Waals surface area contributed by atoms with E-state index < -0.39 is 0 Å². The van der Waals surface area contributed by atoms with Crippen LogP contribution in [0, 0.1) is 0 Å². The first-order chi connectivity index (χ1) is 11.7. The van der Waals surface area contributed by atoms with Gasteiger partial charge >= 0.3 is 0 Å². The molecule has 1 heterocycles. The van der Waals surface area contributed by atoms with Crippen molar-refractivity contribution in [2.75, 3.05) is 17.7 Å². The molecule has 2 aromatic carbocycles. The van der Waals surface area contributed by atoms with Crippen LogP contribution in [0.1, 0.15) is 0 Å². The summed E-state index contributed by atoms with van der Waals surface area (Å²) in [5.74, 6) is 1.42. The van der Waals surface area contributed by atoms with E-state index in [0.717, 1.165) is 16.3 Å². The number of anilines is 4. The molecule has 0 fully saturated rings. The van der Waals surface area contributed by atoms with Crippen molar-refractivity contribution >= 4 is 46.6 Å². The van der Waals surface area contributed by atoms with Gasteiger partial charge in [-0.05, 0) is 61.5 Å². The van der Waals surface area contributed by atoms with E-state index in [1.165, 1.54) is 6.33 Å². The van der Waals surface area contributed by atoms with Gasteiger partial charge in [0.25, 0.3) is 0 Å². The molecule has 3 aromatic rings. The third-order valence-corrected chi connectivity index (χ3v) is 4.06. The Labute approximate surface area is 150 Å². The molecule has 3 N–H and O–H groups in total. The fourth-order valence-corrected chi connectivity index (χ4v) is 2.77. The lowest BCUT2D eigenvalue weighted by atomic mass is 10.3. The maximum atomic E-state index is 5.90. The molecule has 24 heavy (non-hydrogen) atoms. The maximum absolute atomic E-state index is 5.90. The minimum atomic E-state index is 0.699. The highest BCUT2D eigenvalue weighted by Crippen LogP contribution is 2.23. The Morgan fingerprint density at radius 1 is 0.875 bits per heavy atom. The second-order valence-corrected chi connectivity index (χ2v) is 6.40. The number of aromatic nitrogens is 2. The highest BCUT2D eigenvalue weighted by molar-refractivity contribution is 7.97. The first-order valence-electron chi connectivity index (χ1n) is 7.28. The Kier molecular flexibility index (Phi) is 5.53. The van der Waals surface area contributed by atoms with Crippen molar-refractivity contribution in [2.45, 2.75) is 4.90 Å². The lowest BCUT2D eigenvalue weighted by Gasteiger charge is -2.09. The standard InChI is InChI=1S/C17H16ClN5S/c1-19-24-15-4-2-3-14(9-15)23-17-10-16(20-11-21-17)22-13-7-5-12(18)6-8-13/h2-11,19H,1H3,(H2,20,21,22,23). The monoisotopic (exact) mass is 357 g/mol. The molecule has 0 aliphatic heterocycles. The molecule has 0 atom stereocenters. The molecule has 0 spiro atoms. The van der Waals surface area contributed by atoms with Crippen LogP contribution in [-0.2, 0) is 0 Å². The lowest BCUT2D eigenvalue weighted by Crippen LogP contribution is -1.98. The third-order valence-electron chi connectivity index (χ3n) is 3.11. The number of nitrogens with zero attached hydrogens (tertiary/aromatic N) is 2. The third kappa shape index (κ3) is 4.61. The van der Waals surface area contributed by atoms with E-state index in [9.17, 15) is 0 Å². The zero-order chi connectivity index (χ0) is 16.8. The molecule has 0 amide bonds. The van der Waals surface area contributed by atoms with Crippen molar-refractivity contribution in [1.29, 1.82) is 0 Å². The van der Waals surface area contributed by atoms with Crippen LogP contribution in [0.5, 0.6) is 0 Å². The molecule has 7 heteroatoms. The van der Waals surface area contributed by atoms with Gasteiger partial charge in [0.2, 0.25) is 0 Å². The first-order valence-corrected chi connectivity index (χ1v) is 8.48. The van der Waals surface area contributed by atoms with Crippen LogP contribution in [0.2, 0.25) is 5.02 Å². The summed E-state index contributed by atoms with van der Waals surface area (Å²) in [6.07, 6.45) is 1.52. The molecule has 1 aromatic heterocycles. The SMILES string of the molecule is CNSc1cccc(Nc2cc(Nc3ccc(Cl)cc3)ncn2)c1. The van der Waals surface area contributed by atoms with Crippen molar-refractivity contribution in [3.63, 3.8) is 0 Å². The van der Waals surface area contributed by atoms with Gasteiger partial charge < -0.3 is 10.6 Å². The van der Waals surface area contributed by atoms with Crippen LogP contribution in [0.15, 0.2) is 65.8 Å². The smallest absolute Gasteiger partial charge is 0.135 e. The van der Waals surface area contributed by atoms with Gasteiger partial charge in [-0.1, -0.05) is 17.7 Å². The van der Waals surface area contributed by atoms with E-state index in [2.05, 4.69) is 31.4 Å². The Morgan fingerprint density at radius 3 is 2.29 bits per heavy atom. The van der Waals surface area contributed by atoms with Gasteiger partial charge in [-0.3, -0.25) is 4.72 Å². The van der Waals surface area contributed by atoms with E-state index in [-0.39, 0.29) is 0 Å². The topological polar surface area (TPSA) is 61.9 Å². The zero-order valence-corrected chi connectivity index (χ0v) is 14.5. The Morgan fingerprint density at radius 2 is 1.58 bits per heavy atom. The summed E-state index contributed by atoms with van der Waals surface area (Å²) in [4.78, 5) is 9.62. The van der Waals surface area contributed by atoms with Crippen LogP contribution < -0.4 is 15.4 Å². The summed E-state index contributed by atoms with van der Waals surface area (Å²) < 4.78 is 3.06. The fourth-order valence-electron chi connectivity index (χ4n) is 2.08. The van der Waals surface area contributed by atoms with Gasteiger partial charge in [0, 0.05) is 27.4 Å². The van der Waals surface area contributed by atoms with Crippen LogP contribution in [0.25, 0.3) is 0 Å². The van der Waals surface area contributed by atoms with E-state index in [4.69, 9.17) is 11.6 Å². The molecule has 0 unspecified atom stereocenters. The number of nitrogens with one attached hydrogen (secondary N) is 3. The van der Waals surface area contributed by atoms with Gasteiger partial charge in [-0.15, -0.1) is 0 Å². The van der Waals surface area contributed by atoms with Crippen molar-refractivity contribution < 1.29 is 0 Å². The van der Waals surface area contributed by atoms with Crippen LogP contribution in [0.4, 0.5) is 23.0 Å². The van der Waals surface area contributed by atoms with Gasteiger partial charge in [-0.2, -0.15) is 0 Å². The van der Waals surface area contributed by atoms with E-state index in [1.807, 2.05) is 55.6 Å². The molecule has 0 aliphatic carbocycles. The molecular formula is C17H16ClN5S. The average molecular weight is 358 g/mol. The predicted molar refractivity (Wildman–Crippen MR) is 101 cm³/mol. The highest BCUT2D eigenvalue weighted by Gasteiger charge is 2.02. The summed E-state index contributed by atoms with van der Waals surface area (Å²) in [6.45, 7) is 0. The number of rotatable bonds is 6. The second kappa shape index (κ2) is 8.01.